The van der Waals surface area contributed by atoms with Gasteiger partial charge in [0, 0.05) is 37.0 Å². The standard InChI is InChI=1S/C23H24N4O3/c1-30-21-9-7-20(8-10-21)27-16-18(13-22(27)28)23(29)24-11-12-26-15-19(14-25-26)17-5-3-2-4-6-17/h2-10,14-15,18H,11-13,16H2,1H3,(H,24,29). The second-order valence-electron chi connectivity index (χ2n) is 7.25. The zero-order valence-corrected chi connectivity index (χ0v) is 16.8. The van der Waals surface area contributed by atoms with Crippen molar-refractivity contribution in [3.8, 4) is 16.9 Å². The molecule has 1 saturated heterocycles. The SMILES string of the molecule is COc1ccc(N2CC(C(=O)NCCn3cc(-c4ccccc4)cn3)CC2=O)cc1. The number of anilines is 1. The van der Waals surface area contributed by atoms with Gasteiger partial charge in [-0.15, -0.1) is 0 Å². The summed E-state index contributed by atoms with van der Waals surface area (Å²) in [4.78, 5) is 26.6. The molecule has 1 unspecified atom stereocenters. The summed E-state index contributed by atoms with van der Waals surface area (Å²) >= 11 is 0. The van der Waals surface area contributed by atoms with E-state index in [-0.39, 0.29) is 24.2 Å². The molecule has 1 aliphatic heterocycles. The molecule has 2 heterocycles. The molecule has 1 aliphatic rings. The van der Waals surface area contributed by atoms with Gasteiger partial charge in [0.15, 0.2) is 0 Å². The summed E-state index contributed by atoms with van der Waals surface area (Å²) in [6, 6.07) is 17.3. The molecule has 30 heavy (non-hydrogen) atoms. The Morgan fingerprint density at radius 2 is 1.90 bits per heavy atom. The highest BCUT2D eigenvalue weighted by Crippen LogP contribution is 2.27. The second kappa shape index (κ2) is 8.82. The van der Waals surface area contributed by atoms with Crippen molar-refractivity contribution < 1.29 is 14.3 Å². The molecular formula is C23H24N4O3. The zero-order chi connectivity index (χ0) is 20.9. The lowest BCUT2D eigenvalue weighted by Crippen LogP contribution is -2.34. The second-order valence-corrected chi connectivity index (χ2v) is 7.25. The van der Waals surface area contributed by atoms with Crippen molar-refractivity contribution in [3.05, 3.63) is 67.0 Å². The van der Waals surface area contributed by atoms with E-state index < -0.39 is 0 Å². The van der Waals surface area contributed by atoms with Crippen LogP contribution in [0.15, 0.2) is 67.0 Å². The highest BCUT2D eigenvalue weighted by Gasteiger charge is 2.34. The quantitative estimate of drug-likeness (QED) is 0.657. The number of nitrogens with one attached hydrogen (secondary N) is 1. The third-order valence-corrected chi connectivity index (χ3v) is 5.26. The number of carbonyl (C=O) groups excluding carboxylic acids is 2. The minimum Gasteiger partial charge on any atom is -0.497 e. The normalized spacial score (nSPS) is 16.0. The first-order valence-electron chi connectivity index (χ1n) is 9.94. The highest BCUT2D eigenvalue weighted by molar-refractivity contribution is 6.00. The van der Waals surface area contributed by atoms with Crippen molar-refractivity contribution in [2.75, 3.05) is 25.1 Å². The molecule has 1 N–H and O–H groups in total. The van der Waals surface area contributed by atoms with Crippen LogP contribution in [0.4, 0.5) is 5.69 Å². The number of rotatable bonds is 7. The Kier molecular flexibility index (Phi) is 5.79. The molecule has 0 saturated carbocycles. The maximum absolute atomic E-state index is 12.5. The van der Waals surface area contributed by atoms with Crippen molar-refractivity contribution in [1.82, 2.24) is 15.1 Å². The zero-order valence-electron chi connectivity index (χ0n) is 16.8. The Bertz CT molecular complexity index is 1010. The lowest BCUT2D eigenvalue weighted by atomic mass is 10.1. The van der Waals surface area contributed by atoms with Gasteiger partial charge in [-0.25, -0.2) is 0 Å². The van der Waals surface area contributed by atoms with Crippen LogP contribution in [0.5, 0.6) is 5.75 Å². The van der Waals surface area contributed by atoms with Gasteiger partial charge in [0.2, 0.25) is 11.8 Å². The van der Waals surface area contributed by atoms with Crippen LogP contribution >= 0.6 is 0 Å². The minimum atomic E-state index is -0.350. The number of nitrogens with zero attached hydrogens (tertiary/aromatic N) is 3. The number of benzene rings is 2. The van der Waals surface area contributed by atoms with Gasteiger partial charge in [0.25, 0.3) is 0 Å². The van der Waals surface area contributed by atoms with Gasteiger partial charge in [-0.3, -0.25) is 14.3 Å². The van der Waals surface area contributed by atoms with E-state index in [1.165, 1.54) is 0 Å². The van der Waals surface area contributed by atoms with Gasteiger partial charge in [-0.2, -0.15) is 5.10 Å². The van der Waals surface area contributed by atoms with Gasteiger partial charge >= 0.3 is 0 Å². The third kappa shape index (κ3) is 4.35. The first-order valence-corrected chi connectivity index (χ1v) is 9.94. The van der Waals surface area contributed by atoms with Crippen molar-refractivity contribution in [2.45, 2.75) is 13.0 Å². The van der Waals surface area contributed by atoms with E-state index in [0.29, 0.717) is 19.6 Å². The summed E-state index contributed by atoms with van der Waals surface area (Å²) in [6.45, 7) is 1.42. The van der Waals surface area contributed by atoms with Crippen LogP contribution in [0.3, 0.4) is 0 Å². The van der Waals surface area contributed by atoms with Crippen molar-refractivity contribution >= 4 is 17.5 Å². The molecule has 154 valence electrons. The maximum Gasteiger partial charge on any atom is 0.227 e. The van der Waals surface area contributed by atoms with E-state index in [9.17, 15) is 9.59 Å². The highest BCUT2D eigenvalue weighted by atomic mass is 16.5. The van der Waals surface area contributed by atoms with Crippen molar-refractivity contribution in [1.29, 1.82) is 0 Å². The summed E-state index contributed by atoms with van der Waals surface area (Å²) in [5.41, 5.74) is 2.93. The minimum absolute atomic E-state index is 0.0418. The van der Waals surface area contributed by atoms with E-state index in [2.05, 4.69) is 10.4 Å². The third-order valence-electron chi connectivity index (χ3n) is 5.26. The Morgan fingerprint density at radius 1 is 1.13 bits per heavy atom. The average Bonchev–Trinajstić information content (AvgIpc) is 3.41. The number of amides is 2. The maximum atomic E-state index is 12.5. The summed E-state index contributed by atoms with van der Waals surface area (Å²) < 4.78 is 6.96. The Balaban J connectivity index is 1.28. The molecule has 0 radical (unpaired) electrons. The Labute approximate surface area is 175 Å². The van der Waals surface area contributed by atoms with Crippen molar-refractivity contribution in [2.24, 2.45) is 5.92 Å². The number of hydrogen-bond donors (Lipinski definition) is 1. The van der Waals surface area contributed by atoms with Gasteiger partial charge in [0.05, 0.1) is 25.8 Å². The van der Waals surface area contributed by atoms with Crippen LogP contribution in [-0.2, 0) is 16.1 Å². The first-order chi connectivity index (χ1) is 14.6. The lowest BCUT2D eigenvalue weighted by Gasteiger charge is -2.17. The van der Waals surface area contributed by atoms with Gasteiger partial charge < -0.3 is 15.0 Å². The van der Waals surface area contributed by atoms with Crippen molar-refractivity contribution in [3.63, 3.8) is 0 Å². The van der Waals surface area contributed by atoms with E-state index in [4.69, 9.17) is 4.74 Å². The van der Waals surface area contributed by atoms with E-state index >= 15 is 0 Å². The fourth-order valence-corrected chi connectivity index (χ4v) is 3.60. The smallest absolute Gasteiger partial charge is 0.227 e. The van der Waals surface area contributed by atoms with Gasteiger partial charge in [-0.1, -0.05) is 30.3 Å². The molecule has 0 bridgehead atoms. The topological polar surface area (TPSA) is 76.5 Å². The van der Waals surface area contributed by atoms with Gasteiger partial charge in [-0.05, 0) is 29.8 Å². The summed E-state index contributed by atoms with van der Waals surface area (Å²) in [7, 11) is 1.60. The van der Waals surface area contributed by atoms with E-state index in [1.807, 2.05) is 71.7 Å². The van der Waals surface area contributed by atoms with Crippen LogP contribution in [0, 0.1) is 5.92 Å². The number of aromatic nitrogens is 2. The first kappa shape index (κ1) is 19.7. The molecule has 2 aromatic carbocycles. The Hall–Kier alpha value is -3.61. The van der Waals surface area contributed by atoms with Crippen LogP contribution in [0.25, 0.3) is 11.1 Å². The molecular weight excluding hydrogens is 380 g/mol. The number of carbonyl (C=O) groups is 2. The van der Waals surface area contributed by atoms with Gasteiger partial charge in [0.1, 0.15) is 5.75 Å². The summed E-state index contributed by atoms with van der Waals surface area (Å²) in [5.74, 6) is 0.237. The fourth-order valence-electron chi connectivity index (χ4n) is 3.60. The molecule has 7 heteroatoms. The molecule has 2 amide bonds. The van der Waals surface area contributed by atoms with Crippen LogP contribution < -0.4 is 15.0 Å². The molecule has 0 spiro atoms. The largest absolute Gasteiger partial charge is 0.497 e. The van der Waals surface area contributed by atoms with Crippen LogP contribution in [0.2, 0.25) is 0 Å². The fraction of sp³-hybridized carbons (Fsp3) is 0.261. The predicted octanol–water partition coefficient (Wildman–Crippen LogP) is 2.73. The molecule has 1 aromatic heterocycles. The summed E-state index contributed by atoms with van der Waals surface area (Å²) in [5, 5.41) is 7.29. The Morgan fingerprint density at radius 3 is 2.63 bits per heavy atom. The van der Waals surface area contributed by atoms with E-state index in [0.717, 1.165) is 22.6 Å². The number of methoxy groups -OCH3 is 1. The molecule has 1 fully saturated rings. The lowest BCUT2D eigenvalue weighted by molar-refractivity contribution is -0.126. The van der Waals surface area contributed by atoms with Crippen LogP contribution in [-0.4, -0.2) is 41.8 Å². The molecule has 3 aromatic rings. The van der Waals surface area contributed by atoms with E-state index in [1.54, 1.807) is 12.0 Å². The predicted molar refractivity (Wildman–Crippen MR) is 114 cm³/mol. The summed E-state index contributed by atoms with van der Waals surface area (Å²) in [6.07, 6.45) is 4.00. The molecule has 7 nitrogen and oxygen atoms in total. The molecule has 1 atom stereocenters. The average molecular weight is 404 g/mol. The molecule has 0 aliphatic carbocycles. The number of hydrogen-bond acceptors (Lipinski definition) is 4. The molecule has 4 rings (SSSR count). The van der Waals surface area contributed by atoms with Crippen LogP contribution in [0.1, 0.15) is 6.42 Å². The number of ether oxygens (including phenoxy) is 1. The monoisotopic (exact) mass is 404 g/mol.